The third-order valence-corrected chi connectivity index (χ3v) is 4.71. The van der Waals surface area contributed by atoms with Gasteiger partial charge in [0.15, 0.2) is 0 Å². The fraction of sp³-hybridized carbons (Fsp3) is 0.938. The summed E-state index contributed by atoms with van der Waals surface area (Å²) in [6.07, 6.45) is 4.19. The molecule has 1 aliphatic rings. The average Bonchev–Trinajstić information content (AvgIpc) is 2.85. The summed E-state index contributed by atoms with van der Waals surface area (Å²) in [5.74, 6) is 1.39. The summed E-state index contributed by atoms with van der Waals surface area (Å²) < 4.78 is 0. The second kappa shape index (κ2) is 7.99. The number of carbonyl (C=O) groups is 1. The molecule has 0 aromatic carbocycles. The lowest BCUT2D eigenvalue weighted by Gasteiger charge is -2.28. The van der Waals surface area contributed by atoms with Gasteiger partial charge in [0.05, 0.1) is 5.54 Å². The van der Waals surface area contributed by atoms with Gasteiger partial charge in [0, 0.05) is 6.54 Å². The van der Waals surface area contributed by atoms with Crippen LogP contribution in [0.4, 0.5) is 0 Å². The Morgan fingerprint density at radius 1 is 1.50 bits per heavy atom. The van der Waals surface area contributed by atoms with Crippen LogP contribution < -0.4 is 11.1 Å². The highest BCUT2D eigenvalue weighted by atomic mass is 16.1. The van der Waals surface area contributed by atoms with Crippen molar-refractivity contribution in [3.63, 3.8) is 0 Å². The van der Waals surface area contributed by atoms with Crippen LogP contribution >= 0.6 is 0 Å². The molecule has 3 N–H and O–H groups in total. The summed E-state index contributed by atoms with van der Waals surface area (Å²) in [6.45, 7) is 13.0. The Morgan fingerprint density at radius 3 is 2.70 bits per heavy atom. The third-order valence-electron chi connectivity index (χ3n) is 4.71. The molecule has 0 saturated carbocycles. The van der Waals surface area contributed by atoms with Gasteiger partial charge in [-0.2, -0.15) is 0 Å². The standard InChI is InChI=1S/C16H33N3O/c1-5-9-18-16(4,15(17)20)8-6-10-19-11-7-14(12-19)13(2)3/h13-14,18H,5-12H2,1-4H3,(H2,17,20). The van der Waals surface area contributed by atoms with E-state index in [4.69, 9.17) is 5.73 Å². The topological polar surface area (TPSA) is 58.4 Å². The zero-order valence-corrected chi connectivity index (χ0v) is 13.7. The van der Waals surface area contributed by atoms with E-state index >= 15 is 0 Å². The van der Waals surface area contributed by atoms with E-state index < -0.39 is 5.54 Å². The van der Waals surface area contributed by atoms with Gasteiger partial charge in [-0.15, -0.1) is 0 Å². The van der Waals surface area contributed by atoms with Gasteiger partial charge in [-0.1, -0.05) is 20.8 Å². The normalized spacial score (nSPS) is 23.1. The van der Waals surface area contributed by atoms with Crippen LogP contribution in [-0.4, -0.2) is 42.5 Å². The van der Waals surface area contributed by atoms with Gasteiger partial charge in [0.1, 0.15) is 0 Å². The summed E-state index contributed by atoms with van der Waals surface area (Å²) in [5.41, 5.74) is 5.00. The van der Waals surface area contributed by atoms with Crippen molar-refractivity contribution in [2.75, 3.05) is 26.2 Å². The van der Waals surface area contributed by atoms with E-state index in [0.29, 0.717) is 0 Å². The molecule has 2 atom stereocenters. The molecule has 2 unspecified atom stereocenters. The Morgan fingerprint density at radius 2 is 2.20 bits per heavy atom. The third kappa shape index (κ3) is 5.06. The number of hydrogen-bond acceptors (Lipinski definition) is 3. The van der Waals surface area contributed by atoms with Gasteiger partial charge in [-0.25, -0.2) is 0 Å². The minimum Gasteiger partial charge on any atom is -0.368 e. The van der Waals surface area contributed by atoms with Gasteiger partial charge in [0.2, 0.25) is 5.91 Å². The Kier molecular flexibility index (Phi) is 6.96. The first-order valence-electron chi connectivity index (χ1n) is 8.16. The first kappa shape index (κ1) is 17.4. The van der Waals surface area contributed by atoms with Gasteiger partial charge >= 0.3 is 0 Å². The number of nitrogens with two attached hydrogens (primary N) is 1. The summed E-state index contributed by atoms with van der Waals surface area (Å²) in [6, 6.07) is 0. The molecule has 4 nitrogen and oxygen atoms in total. The molecule has 0 spiro atoms. The van der Waals surface area contributed by atoms with Crippen molar-refractivity contribution in [3.05, 3.63) is 0 Å². The van der Waals surface area contributed by atoms with Gasteiger partial charge in [0.25, 0.3) is 0 Å². The first-order valence-corrected chi connectivity index (χ1v) is 8.16. The monoisotopic (exact) mass is 283 g/mol. The van der Waals surface area contributed by atoms with Crippen molar-refractivity contribution >= 4 is 5.91 Å². The van der Waals surface area contributed by atoms with Crippen LogP contribution in [0, 0.1) is 11.8 Å². The Bertz CT molecular complexity index is 306. The fourth-order valence-corrected chi connectivity index (χ4v) is 2.97. The lowest BCUT2D eigenvalue weighted by molar-refractivity contribution is -0.124. The van der Waals surface area contributed by atoms with Crippen LogP contribution in [0.1, 0.15) is 53.4 Å². The molecule has 0 bridgehead atoms. The second-order valence-corrected chi connectivity index (χ2v) is 6.82. The largest absolute Gasteiger partial charge is 0.368 e. The zero-order valence-electron chi connectivity index (χ0n) is 13.7. The van der Waals surface area contributed by atoms with Crippen molar-refractivity contribution in [1.82, 2.24) is 10.2 Å². The predicted octanol–water partition coefficient (Wildman–Crippen LogP) is 1.99. The van der Waals surface area contributed by atoms with Gasteiger partial charge in [-0.05, 0) is 64.1 Å². The molecule has 20 heavy (non-hydrogen) atoms. The van der Waals surface area contributed by atoms with Gasteiger partial charge in [-0.3, -0.25) is 4.79 Å². The van der Waals surface area contributed by atoms with Crippen molar-refractivity contribution in [1.29, 1.82) is 0 Å². The molecule has 1 rings (SSSR count). The molecule has 1 fully saturated rings. The SMILES string of the molecule is CCCNC(C)(CCCN1CCC(C(C)C)C1)C(N)=O. The molecule has 1 aliphatic heterocycles. The minimum absolute atomic E-state index is 0.229. The number of hydrogen-bond donors (Lipinski definition) is 2. The minimum atomic E-state index is -0.548. The average molecular weight is 283 g/mol. The summed E-state index contributed by atoms with van der Waals surface area (Å²) in [7, 11) is 0. The lowest BCUT2D eigenvalue weighted by atomic mass is 9.94. The lowest BCUT2D eigenvalue weighted by Crippen LogP contribution is -2.53. The van der Waals surface area contributed by atoms with Crippen molar-refractivity contribution in [2.24, 2.45) is 17.6 Å². The summed E-state index contributed by atoms with van der Waals surface area (Å²) >= 11 is 0. The molecule has 118 valence electrons. The molecule has 0 aromatic rings. The number of likely N-dealkylation sites (tertiary alicyclic amines) is 1. The van der Waals surface area contributed by atoms with Crippen LogP contribution in [0.5, 0.6) is 0 Å². The van der Waals surface area contributed by atoms with Crippen LogP contribution in [0.2, 0.25) is 0 Å². The molecule has 0 radical (unpaired) electrons. The Balaban J connectivity index is 2.33. The van der Waals surface area contributed by atoms with E-state index in [2.05, 4.69) is 31.0 Å². The fourth-order valence-electron chi connectivity index (χ4n) is 2.97. The number of nitrogens with zero attached hydrogens (tertiary/aromatic N) is 1. The zero-order chi connectivity index (χ0) is 15.2. The summed E-state index contributed by atoms with van der Waals surface area (Å²) in [5, 5.41) is 3.30. The maximum Gasteiger partial charge on any atom is 0.237 e. The first-order chi connectivity index (χ1) is 9.39. The molecule has 0 aromatic heterocycles. The smallest absolute Gasteiger partial charge is 0.237 e. The molecular weight excluding hydrogens is 250 g/mol. The Hall–Kier alpha value is -0.610. The summed E-state index contributed by atoms with van der Waals surface area (Å²) in [4.78, 5) is 14.2. The van der Waals surface area contributed by atoms with Crippen LogP contribution in [0.3, 0.4) is 0 Å². The van der Waals surface area contributed by atoms with Crippen LogP contribution in [-0.2, 0) is 4.79 Å². The molecule has 1 amide bonds. The molecule has 1 heterocycles. The maximum atomic E-state index is 11.6. The van der Waals surface area contributed by atoms with E-state index in [1.54, 1.807) is 0 Å². The molecule has 4 heteroatoms. The number of nitrogens with one attached hydrogen (secondary N) is 1. The molecular formula is C16H33N3O. The van der Waals surface area contributed by atoms with E-state index in [1.807, 2.05) is 6.92 Å². The highest BCUT2D eigenvalue weighted by Crippen LogP contribution is 2.24. The molecule has 1 saturated heterocycles. The Labute approximate surface area is 124 Å². The van der Waals surface area contributed by atoms with E-state index in [9.17, 15) is 4.79 Å². The number of carbonyl (C=O) groups excluding carboxylic acids is 1. The van der Waals surface area contributed by atoms with E-state index in [1.165, 1.54) is 19.5 Å². The predicted molar refractivity (Wildman–Crippen MR) is 84.5 cm³/mol. The number of primary amides is 1. The number of rotatable bonds is 9. The van der Waals surface area contributed by atoms with Crippen LogP contribution in [0.15, 0.2) is 0 Å². The van der Waals surface area contributed by atoms with E-state index in [-0.39, 0.29) is 5.91 Å². The second-order valence-electron chi connectivity index (χ2n) is 6.82. The van der Waals surface area contributed by atoms with E-state index in [0.717, 1.165) is 44.2 Å². The highest BCUT2D eigenvalue weighted by Gasteiger charge is 2.30. The highest BCUT2D eigenvalue weighted by molar-refractivity contribution is 5.84. The van der Waals surface area contributed by atoms with Crippen molar-refractivity contribution in [3.8, 4) is 0 Å². The van der Waals surface area contributed by atoms with Crippen LogP contribution in [0.25, 0.3) is 0 Å². The van der Waals surface area contributed by atoms with Crippen molar-refractivity contribution in [2.45, 2.75) is 58.9 Å². The molecule has 0 aliphatic carbocycles. The van der Waals surface area contributed by atoms with Crippen molar-refractivity contribution < 1.29 is 4.79 Å². The quantitative estimate of drug-likeness (QED) is 0.680. The maximum absolute atomic E-state index is 11.6. The van der Waals surface area contributed by atoms with Gasteiger partial charge < -0.3 is 16.0 Å². The number of amides is 1.